The molecule has 0 heterocycles. The van der Waals surface area contributed by atoms with E-state index in [1.807, 2.05) is 29.2 Å². The molecule has 0 aromatic heterocycles. The third-order valence-corrected chi connectivity index (χ3v) is 5.36. The number of benzene rings is 1. The highest BCUT2D eigenvalue weighted by Gasteiger charge is 2.44. The van der Waals surface area contributed by atoms with Crippen molar-refractivity contribution in [3.8, 4) is 0 Å². The van der Waals surface area contributed by atoms with E-state index in [-0.39, 0.29) is 12.0 Å². The van der Waals surface area contributed by atoms with Crippen molar-refractivity contribution in [1.29, 1.82) is 0 Å². The molecule has 2 saturated carbocycles. The maximum Gasteiger partial charge on any atom is 0.226 e. The number of nitrogen functional groups attached to an aromatic ring is 1. The van der Waals surface area contributed by atoms with E-state index in [1.54, 1.807) is 0 Å². The van der Waals surface area contributed by atoms with Gasteiger partial charge < -0.3 is 10.6 Å². The van der Waals surface area contributed by atoms with Crippen molar-refractivity contribution in [2.75, 3.05) is 5.73 Å². The number of nitrogens with zero attached hydrogens (tertiary/aromatic N) is 1. The van der Waals surface area contributed by atoms with Crippen molar-refractivity contribution in [2.45, 2.75) is 52.1 Å². The first-order valence-electron chi connectivity index (χ1n) is 8.20. The van der Waals surface area contributed by atoms with Gasteiger partial charge in [-0.3, -0.25) is 4.79 Å². The quantitative estimate of drug-likeness (QED) is 0.862. The van der Waals surface area contributed by atoms with E-state index in [4.69, 9.17) is 5.73 Å². The molecule has 3 heteroatoms. The van der Waals surface area contributed by atoms with Crippen LogP contribution in [0.2, 0.25) is 0 Å². The summed E-state index contributed by atoms with van der Waals surface area (Å²) in [5, 5.41) is 0. The van der Waals surface area contributed by atoms with Crippen molar-refractivity contribution < 1.29 is 4.79 Å². The van der Waals surface area contributed by atoms with Crippen LogP contribution in [0.1, 0.15) is 45.1 Å². The Kier molecular flexibility index (Phi) is 3.92. The monoisotopic (exact) mass is 286 g/mol. The fourth-order valence-corrected chi connectivity index (χ4v) is 4.14. The molecule has 21 heavy (non-hydrogen) atoms. The summed E-state index contributed by atoms with van der Waals surface area (Å²) >= 11 is 0. The molecule has 3 rings (SSSR count). The van der Waals surface area contributed by atoms with Crippen molar-refractivity contribution in [2.24, 2.45) is 17.8 Å². The van der Waals surface area contributed by atoms with Gasteiger partial charge in [-0.05, 0) is 56.6 Å². The minimum absolute atomic E-state index is 0.219. The number of carbonyl (C=O) groups excluding carboxylic acids is 1. The van der Waals surface area contributed by atoms with Crippen LogP contribution in [0.15, 0.2) is 24.3 Å². The zero-order valence-electron chi connectivity index (χ0n) is 13.1. The minimum atomic E-state index is 0.219. The van der Waals surface area contributed by atoms with E-state index in [2.05, 4.69) is 13.8 Å². The second-order valence-corrected chi connectivity index (χ2v) is 7.04. The number of amides is 1. The molecule has 3 atom stereocenters. The van der Waals surface area contributed by atoms with Gasteiger partial charge in [0, 0.05) is 24.2 Å². The van der Waals surface area contributed by atoms with Crippen LogP contribution >= 0.6 is 0 Å². The Morgan fingerprint density at radius 1 is 1.29 bits per heavy atom. The lowest BCUT2D eigenvalue weighted by atomic mass is 9.87. The minimum Gasteiger partial charge on any atom is -0.398 e. The van der Waals surface area contributed by atoms with Crippen molar-refractivity contribution in [3.05, 3.63) is 29.8 Å². The zero-order chi connectivity index (χ0) is 15.0. The van der Waals surface area contributed by atoms with Gasteiger partial charge in [0.1, 0.15) is 0 Å². The predicted octanol–water partition coefficient (Wildman–Crippen LogP) is 3.44. The fourth-order valence-electron chi connectivity index (χ4n) is 4.14. The second-order valence-electron chi connectivity index (χ2n) is 7.04. The van der Waals surface area contributed by atoms with Crippen LogP contribution < -0.4 is 5.73 Å². The molecule has 2 N–H and O–H groups in total. The standard InChI is InChI=1S/C18H26N2O/c1-12(2)20(11-15-5-3-4-6-17(15)19)18(21)16-10-13-7-8-14(16)9-13/h3-6,12-14,16H,7-11,19H2,1-2H3. The van der Waals surface area contributed by atoms with Crippen LogP contribution in [0.3, 0.4) is 0 Å². The van der Waals surface area contributed by atoms with Gasteiger partial charge >= 0.3 is 0 Å². The molecule has 1 amide bonds. The maximum absolute atomic E-state index is 13.0. The lowest BCUT2D eigenvalue weighted by molar-refractivity contribution is -0.139. The van der Waals surface area contributed by atoms with Crippen molar-refractivity contribution in [3.63, 3.8) is 0 Å². The predicted molar refractivity (Wildman–Crippen MR) is 85.5 cm³/mol. The van der Waals surface area contributed by atoms with Gasteiger partial charge in [-0.2, -0.15) is 0 Å². The SMILES string of the molecule is CC(C)N(Cc1ccccc1N)C(=O)C1CC2CCC1C2. The lowest BCUT2D eigenvalue weighted by Crippen LogP contribution is -2.42. The first kappa shape index (κ1) is 14.4. The number of para-hydroxylation sites is 1. The van der Waals surface area contributed by atoms with E-state index in [1.165, 1.54) is 19.3 Å². The number of fused-ring (bicyclic) bond motifs is 2. The van der Waals surface area contributed by atoms with Crippen LogP contribution in [-0.2, 0) is 11.3 Å². The normalized spacial score (nSPS) is 27.3. The molecular weight excluding hydrogens is 260 g/mol. The van der Waals surface area contributed by atoms with E-state index in [9.17, 15) is 4.79 Å². The largest absolute Gasteiger partial charge is 0.398 e. The molecular formula is C18H26N2O. The number of hydrogen-bond donors (Lipinski definition) is 1. The van der Waals surface area contributed by atoms with Crippen LogP contribution in [0.4, 0.5) is 5.69 Å². The first-order chi connectivity index (χ1) is 10.1. The van der Waals surface area contributed by atoms with Gasteiger partial charge in [0.05, 0.1) is 0 Å². The summed E-state index contributed by atoms with van der Waals surface area (Å²) in [7, 11) is 0. The molecule has 2 bridgehead atoms. The summed E-state index contributed by atoms with van der Waals surface area (Å²) in [4.78, 5) is 15.0. The van der Waals surface area contributed by atoms with E-state index < -0.39 is 0 Å². The summed E-state index contributed by atoms with van der Waals surface area (Å²) in [5.74, 6) is 2.05. The van der Waals surface area contributed by atoms with Crippen LogP contribution in [0, 0.1) is 17.8 Å². The Morgan fingerprint density at radius 3 is 2.62 bits per heavy atom. The smallest absolute Gasteiger partial charge is 0.226 e. The third-order valence-electron chi connectivity index (χ3n) is 5.36. The van der Waals surface area contributed by atoms with Crippen LogP contribution in [-0.4, -0.2) is 16.8 Å². The fraction of sp³-hybridized carbons (Fsp3) is 0.611. The third kappa shape index (κ3) is 2.78. The average molecular weight is 286 g/mol. The molecule has 0 spiro atoms. The number of nitrogens with two attached hydrogens (primary N) is 1. The highest BCUT2D eigenvalue weighted by Crippen LogP contribution is 2.49. The molecule has 0 aliphatic heterocycles. The van der Waals surface area contributed by atoms with E-state index in [0.29, 0.717) is 18.4 Å². The van der Waals surface area contributed by atoms with Crippen LogP contribution in [0.25, 0.3) is 0 Å². The van der Waals surface area contributed by atoms with E-state index in [0.717, 1.165) is 23.6 Å². The Bertz CT molecular complexity index is 526. The molecule has 114 valence electrons. The highest BCUT2D eigenvalue weighted by atomic mass is 16.2. The Morgan fingerprint density at radius 2 is 2.05 bits per heavy atom. The summed E-state index contributed by atoms with van der Waals surface area (Å²) in [6, 6.07) is 8.09. The Hall–Kier alpha value is -1.51. The van der Waals surface area contributed by atoms with Gasteiger partial charge in [-0.1, -0.05) is 24.6 Å². The average Bonchev–Trinajstić information content (AvgIpc) is 3.08. The number of anilines is 1. The molecule has 0 saturated heterocycles. The summed E-state index contributed by atoms with van der Waals surface area (Å²) in [6.07, 6.45) is 4.97. The van der Waals surface area contributed by atoms with Gasteiger partial charge in [0.15, 0.2) is 0 Å². The molecule has 2 aliphatic rings. The number of carbonyl (C=O) groups is 1. The molecule has 0 radical (unpaired) electrons. The maximum atomic E-state index is 13.0. The van der Waals surface area contributed by atoms with Gasteiger partial charge in [-0.15, -0.1) is 0 Å². The first-order valence-corrected chi connectivity index (χ1v) is 8.20. The van der Waals surface area contributed by atoms with E-state index >= 15 is 0 Å². The topological polar surface area (TPSA) is 46.3 Å². The molecule has 3 unspecified atom stereocenters. The lowest BCUT2D eigenvalue weighted by Gasteiger charge is -2.32. The van der Waals surface area contributed by atoms with Gasteiger partial charge in [0.25, 0.3) is 0 Å². The second kappa shape index (κ2) is 5.70. The zero-order valence-corrected chi connectivity index (χ0v) is 13.1. The summed E-state index contributed by atoms with van der Waals surface area (Å²) in [5.41, 5.74) is 7.88. The Balaban J connectivity index is 1.75. The molecule has 1 aromatic rings. The number of hydrogen-bond acceptors (Lipinski definition) is 2. The van der Waals surface area contributed by atoms with Gasteiger partial charge in [0.2, 0.25) is 5.91 Å². The van der Waals surface area contributed by atoms with Gasteiger partial charge in [-0.25, -0.2) is 0 Å². The number of rotatable bonds is 4. The Labute approximate surface area is 127 Å². The summed E-state index contributed by atoms with van der Waals surface area (Å²) < 4.78 is 0. The molecule has 3 nitrogen and oxygen atoms in total. The summed E-state index contributed by atoms with van der Waals surface area (Å²) in [6.45, 7) is 4.84. The highest BCUT2D eigenvalue weighted by molar-refractivity contribution is 5.80. The van der Waals surface area contributed by atoms with Crippen molar-refractivity contribution >= 4 is 11.6 Å². The van der Waals surface area contributed by atoms with Crippen LogP contribution in [0.5, 0.6) is 0 Å². The molecule has 1 aromatic carbocycles. The molecule has 2 aliphatic carbocycles. The molecule has 2 fully saturated rings. The van der Waals surface area contributed by atoms with Crippen molar-refractivity contribution in [1.82, 2.24) is 4.90 Å².